The third-order valence-corrected chi connectivity index (χ3v) is 6.02. The van der Waals surface area contributed by atoms with Crippen LogP contribution >= 0.6 is 11.3 Å². The molecule has 2 fully saturated rings. The van der Waals surface area contributed by atoms with Crippen molar-refractivity contribution in [3.63, 3.8) is 0 Å². The van der Waals surface area contributed by atoms with Crippen LogP contribution in [0.2, 0.25) is 0 Å². The molecular formula is C17H27NS. The third kappa shape index (κ3) is 3.22. The zero-order chi connectivity index (χ0) is 13.4. The van der Waals surface area contributed by atoms with Gasteiger partial charge in [-0.05, 0) is 69.9 Å². The topological polar surface area (TPSA) is 12.0 Å². The minimum Gasteiger partial charge on any atom is -0.307 e. The molecule has 2 aliphatic carbocycles. The number of nitrogens with one attached hydrogen (secondary N) is 1. The van der Waals surface area contributed by atoms with Gasteiger partial charge in [0.1, 0.15) is 0 Å². The molecule has 1 aromatic heterocycles. The summed E-state index contributed by atoms with van der Waals surface area (Å²) in [6.45, 7) is 6.83. The van der Waals surface area contributed by atoms with Crippen molar-refractivity contribution in [1.29, 1.82) is 0 Å². The fourth-order valence-corrected chi connectivity index (χ4v) is 4.92. The van der Waals surface area contributed by atoms with Gasteiger partial charge < -0.3 is 5.32 Å². The van der Waals surface area contributed by atoms with Crippen molar-refractivity contribution in [1.82, 2.24) is 5.32 Å². The van der Waals surface area contributed by atoms with E-state index < -0.39 is 0 Å². The second-order valence-electron chi connectivity index (χ2n) is 6.72. The van der Waals surface area contributed by atoms with E-state index in [1.807, 2.05) is 11.3 Å². The van der Waals surface area contributed by atoms with E-state index in [-0.39, 0.29) is 0 Å². The van der Waals surface area contributed by atoms with Gasteiger partial charge in [-0.25, -0.2) is 0 Å². The molecule has 3 atom stereocenters. The fourth-order valence-electron chi connectivity index (χ4n) is 3.90. The van der Waals surface area contributed by atoms with Gasteiger partial charge in [0.05, 0.1) is 0 Å². The molecule has 3 rings (SSSR count). The average Bonchev–Trinajstić information content (AvgIpc) is 3.15. The first kappa shape index (κ1) is 13.6. The summed E-state index contributed by atoms with van der Waals surface area (Å²) >= 11 is 1.94. The molecule has 106 valence electrons. The zero-order valence-corrected chi connectivity index (χ0v) is 13.4. The van der Waals surface area contributed by atoms with Gasteiger partial charge in [-0.2, -0.15) is 0 Å². The smallest absolute Gasteiger partial charge is 0.0305 e. The number of aryl methyl sites for hydroxylation is 2. The first-order chi connectivity index (χ1) is 9.13. The van der Waals surface area contributed by atoms with E-state index >= 15 is 0 Å². The van der Waals surface area contributed by atoms with Crippen LogP contribution in [-0.2, 0) is 0 Å². The van der Waals surface area contributed by atoms with Crippen molar-refractivity contribution in [2.45, 2.75) is 71.4 Å². The third-order valence-electron chi connectivity index (χ3n) is 5.04. The molecule has 1 heterocycles. The van der Waals surface area contributed by atoms with Crippen LogP contribution in [-0.4, -0.2) is 6.04 Å². The molecule has 2 saturated carbocycles. The van der Waals surface area contributed by atoms with Crippen molar-refractivity contribution in [3.8, 4) is 0 Å². The van der Waals surface area contributed by atoms with E-state index in [1.54, 1.807) is 0 Å². The summed E-state index contributed by atoms with van der Waals surface area (Å²) in [7, 11) is 0. The first-order valence-corrected chi connectivity index (χ1v) is 8.78. The SMILES string of the molecule is Cc1cc(C(C)NC2CCCC(C3CC3)C2)c(C)s1. The molecule has 0 aromatic carbocycles. The molecule has 0 aliphatic heterocycles. The van der Waals surface area contributed by atoms with Gasteiger partial charge in [0, 0.05) is 21.8 Å². The van der Waals surface area contributed by atoms with E-state index in [9.17, 15) is 0 Å². The van der Waals surface area contributed by atoms with Crippen molar-refractivity contribution in [2.24, 2.45) is 11.8 Å². The normalized spacial score (nSPS) is 29.4. The maximum Gasteiger partial charge on any atom is 0.0305 e. The second-order valence-corrected chi connectivity index (χ2v) is 8.18. The summed E-state index contributed by atoms with van der Waals surface area (Å²) in [4.78, 5) is 2.94. The van der Waals surface area contributed by atoms with Crippen LogP contribution in [0.3, 0.4) is 0 Å². The zero-order valence-electron chi connectivity index (χ0n) is 12.5. The second kappa shape index (κ2) is 5.57. The number of hydrogen-bond donors (Lipinski definition) is 1. The van der Waals surface area contributed by atoms with Gasteiger partial charge in [-0.3, -0.25) is 0 Å². The summed E-state index contributed by atoms with van der Waals surface area (Å²) < 4.78 is 0. The van der Waals surface area contributed by atoms with E-state index in [2.05, 4.69) is 32.2 Å². The summed E-state index contributed by atoms with van der Waals surface area (Å²) in [6, 6.07) is 3.65. The van der Waals surface area contributed by atoms with Crippen molar-refractivity contribution < 1.29 is 0 Å². The minimum atomic E-state index is 0.521. The molecule has 2 heteroatoms. The van der Waals surface area contributed by atoms with Crippen LogP contribution in [0.4, 0.5) is 0 Å². The predicted molar refractivity (Wildman–Crippen MR) is 83.8 cm³/mol. The highest BCUT2D eigenvalue weighted by molar-refractivity contribution is 7.12. The Morgan fingerprint density at radius 1 is 1.16 bits per heavy atom. The van der Waals surface area contributed by atoms with Gasteiger partial charge in [0.25, 0.3) is 0 Å². The number of thiophene rings is 1. The number of rotatable bonds is 4. The van der Waals surface area contributed by atoms with Crippen LogP contribution in [0.5, 0.6) is 0 Å². The van der Waals surface area contributed by atoms with Crippen LogP contribution in [0.25, 0.3) is 0 Å². The van der Waals surface area contributed by atoms with Crippen LogP contribution in [0, 0.1) is 25.7 Å². The maximum atomic E-state index is 3.91. The molecule has 1 aromatic rings. The molecule has 1 nitrogen and oxygen atoms in total. The molecule has 0 bridgehead atoms. The molecule has 0 spiro atoms. The van der Waals surface area contributed by atoms with Crippen molar-refractivity contribution in [2.75, 3.05) is 0 Å². The molecule has 2 aliphatic rings. The Morgan fingerprint density at radius 2 is 1.95 bits per heavy atom. The summed E-state index contributed by atoms with van der Waals surface area (Å²) in [6.07, 6.45) is 8.76. The molecule has 3 unspecified atom stereocenters. The van der Waals surface area contributed by atoms with Gasteiger partial charge in [0.2, 0.25) is 0 Å². The van der Waals surface area contributed by atoms with Gasteiger partial charge in [-0.1, -0.05) is 12.8 Å². The largest absolute Gasteiger partial charge is 0.307 e. The van der Waals surface area contributed by atoms with Crippen LogP contribution in [0.15, 0.2) is 6.07 Å². The molecule has 0 saturated heterocycles. The highest BCUT2D eigenvalue weighted by atomic mass is 32.1. The molecule has 19 heavy (non-hydrogen) atoms. The van der Waals surface area contributed by atoms with Crippen molar-refractivity contribution >= 4 is 11.3 Å². The molecule has 1 N–H and O–H groups in total. The maximum absolute atomic E-state index is 3.91. The number of hydrogen-bond acceptors (Lipinski definition) is 2. The lowest BCUT2D eigenvalue weighted by Crippen LogP contribution is -2.36. The van der Waals surface area contributed by atoms with E-state index in [1.165, 1.54) is 53.8 Å². The summed E-state index contributed by atoms with van der Waals surface area (Å²) in [5.41, 5.74) is 1.52. The van der Waals surface area contributed by atoms with Crippen molar-refractivity contribution in [3.05, 3.63) is 21.4 Å². The predicted octanol–water partition coefficient (Wildman–Crippen LogP) is 4.98. The summed E-state index contributed by atoms with van der Waals surface area (Å²) in [5.74, 6) is 2.12. The van der Waals surface area contributed by atoms with E-state index in [0.717, 1.165) is 17.9 Å². The Balaban J connectivity index is 1.59. The van der Waals surface area contributed by atoms with Crippen LogP contribution < -0.4 is 5.32 Å². The lowest BCUT2D eigenvalue weighted by atomic mass is 9.82. The van der Waals surface area contributed by atoms with Gasteiger partial charge in [0.15, 0.2) is 0 Å². The van der Waals surface area contributed by atoms with E-state index in [4.69, 9.17) is 0 Å². The Bertz CT molecular complexity index is 432. The Hall–Kier alpha value is -0.340. The Kier molecular flexibility index (Phi) is 4.00. The fraction of sp³-hybridized carbons (Fsp3) is 0.765. The molecule has 0 amide bonds. The molecular weight excluding hydrogens is 250 g/mol. The molecule has 0 radical (unpaired) electrons. The lowest BCUT2D eigenvalue weighted by molar-refractivity contribution is 0.249. The average molecular weight is 277 g/mol. The quantitative estimate of drug-likeness (QED) is 0.818. The van der Waals surface area contributed by atoms with E-state index in [0.29, 0.717) is 6.04 Å². The highest BCUT2D eigenvalue weighted by Gasteiger charge is 2.34. The Morgan fingerprint density at radius 3 is 2.58 bits per heavy atom. The standard InChI is InChI=1S/C17H27NS/c1-11-9-17(13(3)19-11)12(2)18-16-6-4-5-15(10-16)14-7-8-14/h9,12,14-16,18H,4-8,10H2,1-3H3. The van der Waals surface area contributed by atoms with Gasteiger partial charge >= 0.3 is 0 Å². The lowest BCUT2D eigenvalue weighted by Gasteiger charge is -2.32. The summed E-state index contributed by atoms with van der Waals surface area (Å²) in [5, 5.41) is 3.91. The van der Waals surface area contributed by atoms with Crippen LogP contribution in [0.1, 0.15) is 66.8 Å². The first-order valence-electron chi connectivity index (χ1n) is 7.96. The minimum absolute atomic E-state index is 0.521. The Labute approximate surface area is 121 Å². The monoisotopic (exact) mass is 277 g/mol. The highest BCUT2D eigenvalue weighted by Crippen LogP contribution is 2.44. The van der Waals surface area contributed by atoms with Gasteiger partial charge in [-0.15, -0.1) is 11.3 Å².